The summed E-state index contributed by atoms with van der Waals surface area (Å²) in [7, 11) is 0. The van der Waals surface area contributed by atoms with Crippen molar-refractivity contribution in [2.24, 2.45) is 11.7 Å². The van der Waals surface area contributed by atoms with Gasteiger partial charge in [-0.05, 0) is 49.8 Å². The molecule has 0 spiro atoms. The van der Waals surface area contributed by atoms with Crippen molar-refractivity contribution in [2.45, 2.75) is 83.1 Å². The molecule has 1 aromatic carbocycles. The normalized spacial score (nSPS) is 17.7. The number of hydrogen-bond donors (Lipinski definition) is 7. The maximum atomic E-state index is 13.7. The van der Waals surface area contributed by atoms with Gasteiger partial charge in [0.1, 0.15) is 29.9 Å². The van der Waals surface area contributed by atoms with Gasteiger partial charge in [-0.25, -0.2) is 4.79 Å². The van der Waals surface area contributed by atoms with Gasteiger partial charge in [0.25, 0.3) is 0 Å². The van der Waals surface area contributed by atoms with Crippen molar-refractivity contribution >= 4 is 35.6 Å². The van der Waals surface area contributed by atoms with Crippen LogP contribution in [0, 0.1) is 5.92 Å². The summed E-state index contributed by atoms with van der Waals surface area (Å²) in [6.45, 7) is 5.13. The minimum atomic E-state index is -1.45. The summed E-state index contributed by atoms with van der Waals surface area (Å²) in [6.07, 6.45) is -0.126. The Morgan fingerprint density at radius 1 is 0.951 bits per heavy atom. The number of carboxylic acids is 2. The number of carbonyl (C=O) groups is 6. The largest absolute Gasteiger partial charge is 0.508 e. The molecule has 0 aliphatic carbocycles. The molecule has 0 unspecified atom stereocenters. The van der Waals surface area contributed by atoms with Gasteiger partial charge in [0.2, 0.25) is 23.6 Å². The number of aliphatic carboxylic acids is 2. The summed E-state index contributed by atoms with van der Waals surface area (Å²) in [5, 5.41) is 35.4. The molecule has 2 rings (SSSR count). The van der Waals surface area contributed by atoms with Gasteiger partial charge in [-0.2, -0.15) is 0 Å². The SMILES string of the molecule is CC(C)[C@H](N)C(=O)N[C@@H](C)C(=O)N[C@@H](Cc1ccc(O)cc1)C(=O)N1CCC[C@H]1C(=O)N[C@@H](CCC(=O)O)C(=O)O. The van der Waals surface area contributed by atoms with E-state index in [2.05, 4.69) is 16.0 Å². The van der Waals surface area contributed by atoms with Crippen LogP contribution in [0.25, 0.3) is 0 Å². The van der Waals surface area contributed by atoms with Gasteiger partial charge in [-0.15, -0.1) is 0 Å². The second-order valence-corrected chi connectivity index (χ2v) is 10.5. The first-order valence-corrected chi connectivity index (χ1v) is 13.4. The van der Waals surface area contributed by atoms with Crippen molar-refractivity contribution in [1.29, 1.82) is 0 Å². The van der Waals surface area contributed by atoms with Crippen LogP contribution in [0.15, 0.2) is 24.3 Å². The van der Waals surface area contributed by atoms with Crippen molar-refractivity contribution in [2.75, 3.05) is 6.54 Å². The van der Waals surface area contributed by atoms with E-state index in [9.17, 15) is 39.0 Å². The Balaban J connectivity index is 2.23. The Morgan fingerprint density at radius 2 is 1.59 bits per heavy atom. The third-order valence-corrected chi connectivity index (χ3v) is 6.86. The second-order valence-electron chi connectivity index (χ2n) is 10.5. The lowest BCUT2D eigenvalue weighted by molar-refractivity contribution is -0.145. The van der Waals surface area contributed by atoms with E-state index in [1.54, 1.807) is 26.0 Å². The number of phenols is 1. The summed E-state index contributed by atoms with van der Waals surface area (Å²) < 4.78 is 0. The van der Waals surface area contributed by atoms with Gasteiger partial charge in [0.15, 0.2) is 0 Å². The van der Waals surface area contributed by atoms with E-state index in [0.717, 1.165) is 0 Å². The summed E-state index contributed by atoms with van der Waals surface area (Å²) >= 11 is 0. The first-order valence-electron chi connectivity index (χ1n) is 13.4. The van der Waals surface area contributed by atoms with Crippen LogP contribution < -0.4 is 21.7 Å². The zero-order valence-corrected chi connectivity index (χ0v) is 23.3. The number of phenolic OH excluding ortho intramolecular Hbond substituents is 1. The minimum Gasteiger partial charge on any atom is -0.508 e. The van der Waals surface area contributed by atoms with Crippen molar-refractivity contribution < 1.29 is 44.1 Å². The maximum absolute atomic E-state index is 13.7. The predicted molar refractivity (Wildman–Crippen MR) is 145 cm³/mol. The molecule has 4 amide bonds. The molecular formula is C27H39N5O9. The number of aromatic hydroxyl groups is 1. The molecule has 1 aliphatic rings. The van der Waals surface area contributed by atoms with E-state index in [-0.39, 0.29) is 37.5 Å². The van der Waals surface area contributed by atoms with Crippen molar-refractivity contribution in [3.8, 4) is 5.75 Å². The molecule has 1 aromatic rings. The number of likely N-dealkylation sites (tertiary alicyclic amines) is 1. The monoisotopic (exact) mass is 577 g/mol. The van der Waals surface area contributed by atoms with E-state index >= 15 is 0 Å². The average Bonchev–Trinajstić information content (AvgIpc) is 3.40. The van der Waals surface area contributed by atoms with Gasteiger partial charge < -0.3 is 41.9 Å². The number of nitrogens with one attached hydrogen (secondary N) is 3. The number of carbonyl (C=O) groups excluding carboxylic acids is 4. The highest BCUT2D eigenvalue weighted by Gasteiger charge is 2.39. The molecular weight excluding hydrogens is 538 g/mol. The van der Waals surface area contributed by atoms with Crippen LogP contribution in [0.2, 0.25) is 0 Å². The van der Waals surface area contributed by atoms with Crippen LogP contribution in [0.4, 0.5) is 0 Å². The summed E-state index contributed by atoms with van der Waals surface area (Å²) in [6, 6.07) is 0.458. The maximum Gasteiger partial charge on any atom is 0.326 e. The Hall–Kier alpha value is -4.20. The quantitative estimate of drug-likeness (QED) is 0.147. The van der Waals surface area contributed by atoms with E-state index in [0.29, 0.717) is 12.0 Å². The Kier molecular flexibility index (Phi) is 12.1. The molecule has 1 aliphatic heterocycles. The van der Waals surface area contributed by atoms with Gasteiger partial charge >= 0.3 is 11.9 Å². The lowest BCUT2D eigenvalue weighted by Gasteiger charge is -2.30. The van der Waals surface area contributed by atoms with Crippen LogP contribution in [-0.2, 0) is 35.2 Å². The molecule has 0 radical (unpaired) electrons. The van der Waals surface area contributed by atoms with Gasteiger partial charge in [-0.1, -0.05) is 26.0 Å². The van der Waals surface area contributed by atoms with E-state index in [1.807, 2.05) is 0 Å². The Bertz CT molecular complexity index is 1120. The van der Waals surface area contributed by atoms with E-state index in [1.165, 1.54) is 24.0 Å². The summed E-state index contributed by atoms with van der Waals surface area (Å²) in [4.78, 5) is 75.8. The number of hydrogen-bond acceptors (Lipinski definition) is 8. The Morgan fingerprint density at radius 3 is 2.15 bits per heavy atom. The van der Waals surface area contributed by atoms with Crippen molar-refractivity contribution in [3.05, 3.63) is 29.8 Å². The molecule has 14 nitrogen and oxygen atoms in total. The van der Waals surface area contributed by atoms with Crippen LogP contribution in [0.3, 0.4) is 0 Å². The van der Waals surface area contributed by atoms with Crippen LogP contribution in [-0.4, -0.2) is 92.5 Å². The first-order chi connectivity index (χ1) is 19.2. The summed E-state index contributed by atoms with van der Waals surface area (Å²) in [5.41, 5.74) is 6.45. The molecule has 14 heteroatoms. The van der Waals surface area contributed by atoms with E-state index in [4.69, 9.17) is 10.8 Å². The highest BCUT2D eigenvalue weighted by molar-refractivity contribution is 5.95. The number of rotatable bonds is 14. The Labute approximate surface area is 237 Å². The lowest BCUT2D eigenvalue weighted by Crippen LogP contribution is -2.58. The lowest BCUT2D eigenvalue weighted by atomic mass is 10.0. The molecule has 5 atom stereocenters. The molecule has 0 aromatic heterocycles. The van der Waals surface area contributed by atoms with Gasteiger partial charge in [0.05, 0.1) is 6.04 Å². The smallest absolute Gasteiger partial charge is 0.326 e. The van der Waals surface area contributed by atoms with Gasteiger partial charge in [-0.3, -0.25) is 24.0 Å². The van der Waals surface area contributed by atoms with Crippen LogP contribution in [0.5, 0.6) is 5.75 Å². The molecule has 0 bridgehead atoms. The number of benzene rings is 1. The first kappa shape index (κ1) is 33.0. The number of nitrogens with two attached hydrogens (primary N) is 1. The average molecular weight is 578 g/mol. The number of carboxylic acid groups (broad SMARTS) is 2. The summed E-state index contributed by atoms with van der Waals surface area (Å²) in [5.74, 6) is -5.32. The number of amides is 4. The third kappa shape index (κ3) is 9.74. The highest BCUT2D eigenvalue weighted by Crippen LogP contribution is 2.21. The highest BCUT2D eigenvalue weighted by atomic mass is 16.4. The zero-order valence-electron chi connectivity index (χ0n) is 23.3. The molecule has 41 heavy (non-hydrogen) atoms. The molecule has 1 heterocycles. The predicted octanol–water partition coefficient (Wildman–Crippen LogP) is -0.667. The zero-order chi connectivity index (χ0) is 30.9. The fourth-order valence-electron chi connectivity index (χ4n) is 4.34. The van der Waals surface area contributed by atoms with E-state index < -0.39 is 72.2 Å². The van der Waals surface area contributed by atoms with Crippen molar-refractivity contribution in [3.63, 3.8) is 0 Å². The van der Waals surface area contributed by atoms with Crippen LogP contribution in [0.1, 0.15) is 52.0 Å². The van der Waals surface area contributed by atoms with Crippen LogP contribution >= 0.6 is 0 Å². The minimum absolute atomic E-state index is 0.00176. The molecule has 8 N–H and O–H groups in total. The van der Waals surface area contributed by atoms with Gasteiger partial charge in [0, 0.05) is 19.4 Å². The standard InChI is InChI=1S/C27H39N5O9/c1-14(2)22(28)25(38)29-15(3)23(36)31-19(13-16-6-8-17(33)9-7-16)26(39)32-12-4-5-20(32)24(37)30-18(27(40)41)10-11-21(34)35/h6-9,14-15,18-20,22,33H,4-5,10-13,28H2,1-3H3,(H,29,38)(H,30,37)(H,31,36)(H,34,35)(H,40,41)/t15-,18-,19-,20-,22-/m0/s1. The molecule has 226 valence electrons. The van der Waals surface area contributed by atoms with Crippen molar-refractivity contribution in [1.82, 2.24) is 20.9 Å². The third-order valence-electron chi connectivity index (χ3n) is 6.86. The fourth-order valence-corrected chi connectivity index (χ4v) is 4.34. The molecule has 0 saturated carbocycles. The molecule has 1 fully saturated rings. The fraction of sp³-hybridized carbons (Fsp3) is 0.556. The molecule has 1 saturated heterocycles. The topological polar surface area (TPSA) is 228 Å². The number of nitrogens with zero attached hydrogens (tertiary/aromatic N) is 1. The second kappa shape index (κ2) is 15.0.